The number of rotatable bonds is 8. The quantitative estimate of drug-likeness (QED) is 0.382. The van der Waals surface area contributed by atoms with Crippen LogP contribution in [-0.4, -0.2) is 63.2 Å². The molecule has 0 saturated carbocycles. The van der Waals surface area contributed by atoms with Gasteiger partial charge in [-0.15, -0.1) is 0 Å². The first-order valence-corrected chi connectivity index (χ1v) is 9.99. The molecule has 1 fully saturated rings. The van der Waals surface area contributed by atoms with Crippen LogP contribution in [0.3, 0.4) is 0 Å². The number of hydrogen-bond acceptors (Lipinski definition) is 3. The van der Waals surface area contributed by atoms with Gasteiger partial charge in [-0.2, -0.15) is 0 Å². The van der Waals surface area contributed by atoms with Crippen LogP contribution in [0, 0.1) is 5.92 Å². The van der Waals surface area contributed by atoms with E-state index in [1.807, 2.05) is 24.3 Å². The summed E-state index contributed by atoms with van der Waals surface area (Å²) in [5.74, 6) is 1.49. The molecule has 0 aliphatic carbocycles. The molecule has 1 saturated heterocycles. The summed E-state index contributed by atoms with van der Waals surface area (Å²) in [4.78, 5) is 19.1. The molecular formula is C19H29BrN4O2. The van der Waals surface area contributed by atoms with Gasteiger partial charge < -0.3 is 20.3 Å². The molecule has 7 heteroatoms. The van der Waals surface area contributed by atoms with Gasteiger partial charge in [0.15, 0.2) is 5.96 Å². The predicted octanol–water partition coefficient (Wildman–Crippen LogP) is 2.50. The summed E-state index contributed by atoms with van der Waals surface area (Å²) >= 11 is 3.38. The molecule has 1 heterocycles. The van der Waals surface area contributed by atoms with Crippen molar-refractivity contribution in [3.63, 3.8) is 0 Å². The molecule has 6 nitrogen and oxygen atoms in total. The molecule has 26 heavy (non-hydrogen) atoms. The highest BCUT2D eigenvalue weighted by molar-refractivity contribution is 9.10. The van der Waals surface area contributed by atoms with Gasteiger partial charge in [-0.25, -0.2) is 0 Å². The summed E-state index contributed by atoms with van der Waals surface area (Å²) in [6, 6.07) is 7.40. The molecule has 2 N–H and O–H groups in total. The molecule has 1 unspecified atom stereocenters. The number of hydrogen-bond donors (Lipinski definition) is 2. The third kappa shape index (κ3) is 6.61. The van der Waals surface area contributed by atoms with Crippen LogP contribution in [0.2, 0.25) is 0 Å². The summed E-state index contributed by atoms with van der Waals surface area (Å²) in [5, 5.41) is 6.31. The lowest BCUT2D eigenvalue weighted by Gasteiger charge is -2.21. The van der Waals surface area contributed by atoms with Crippen LogP contribution in [0.15, 0.2) is 33.7 Å². The van der Waals surface area contributed by atoms with E-state index < -0.39 is 0 Å². The van der Waals surface area contributed by atoms with Gasteiger partial charge in [0.2, 0.25) is 0 Å². The van der Waals surface area contributed by atoms with E-state index in [1.54, 1.807) is 7.11 Å². The molecule has 1 atom stereocenters. The molecule has 0 radical (unpaired) electrons. The first-order chi connectivity index (χ1) is 12.6. The van der Waals surface area contributed by atoms with E-state index in [0.717, 1.165) is 49.5 Å². The molecule has 0 bridgehead atoms. The maximum Gasteiger partial charge on any atom is 0.251 e. The Morgan fingerprint density at radius 1 is 1.42 bits per heavy atom. The molecule has 1 amide bonds. The van der Waals surface area contributed by atoms with Gasteiger partial charge in [0.1, 0.15) is 0 Å². The Labute approximate surface area is 164 Å². The Hall–Kier alpha value is -1.60. The van der Waals surface area contributed by atoms with Crippen molar-refractivity contribution in [1.82, 2.24) is 15.5 Å². The van der Waals surface area contributed by atoms with Gasteiger partial charge in [0, 0.05) is 55.8 Å². The second-order valence-corrected chi connectivity index (χ2v) is 7.33. The Morgan fingerprint density at radius 2 is 2.27 bits per heavy atom. The van der Waals surface area contributed by atoms with E-state index in [2.05, 4.69) is 38.4 Å². The van der Waals surface area contributed by atoms with E-state index in [1.165, 1.54) is 0 Å². The van der Waals surface area contributed by atoms with E-state index in [-0.39, 0.29) is 5.91 Å². The maximum absolute atomic E-state index is 12.1. The molecule has 1 aliphatic heterocycles. The van der Waals surface area contributed by atoms with Crippen molar-refractivity contribution in [2.45, 2.75) is 19.8 Å². The average Bonchev–Trinajstić information content (AvgIpc) is 3.09. The van der Waals surface area contributed by atoms with Crippen molar-refractivity contribution in [3.8, 4) is 0 Å². The highest BCUT2D eigenvalue weighted by Crippen LogP contribution is 2.16. The predicted molar refractivity (Wildman–Crippen MR) is 109 cm³/mol. The molecule has 1 aromatic rings. The number of likely N-dealkylation sites (tertiary alicyclic amines) is 1. The van der Waals surface area contributed by atoms with Crippen LogP contribution in [0.5, 0.6) is 0 Å². The van der Waals surface area contributed by atoms with E-state index in [4.69, 9.17) is 9.73 Å². The largest absolute Gasteiger partial charge is 0.384 e. The van der Waals surface area contributed by atoms with Crippen molar-refractivity contribution >= 4 is 27.8 Å². The number of benzene rings is 1. The zero-order valence-electron chi connectivity index (χ0n) is 15.6. The highest BCUT2D eigenvalue weighted by Gasteiger charge is 2.24. The molecule has 0 aromatic heterocycles. The third-order valence-electron chi connectivity index (χ3n) is 4.29. The van der Waals surface area contributed by atoms with E-state index in [0.29, 0.717) is 24.6 Å². The van der Waals surface area contributed by atoms with Crippen LogP contribution >= 0.6 is 15.9 Å². The number of ether oxygens (including phenoxy) is 1. The second-order valence-electron chi connectivity index (χ2n) is 6.41. The van der Waals surface area contributed by atoms with Crippen molar-refractivity contribution in [1.29, 1.82) is 0 Å². The van der Waals surface area contributed by atoms with Crippen LogP contribution in [0.25, 0.3) is 0 Å². The molecular weight excluding hydrogens is 396 g/mol. The summed E-state index contributed by atoms with van der Waals surface area (Å²) in [5.41, 5.74) is 0.664. The fraction of sp³-hybridized carbons (Fsp3) is 0.579. The normalized spacial score (nSPS) is 17.4. The van der Waals surface area contributed by atoms with Gasteiger partial charge in [0.05, 0.1) is 6.61 Å². The van der Waals surface area contributed by atoms with Gasteiger partial charge >= 0.3 is 0 Å². The topological polar surface area (TPSA) is 66.0 Å². The lowest BCUT2D eigenvalue weighted by atomic mass is 10.1. The highest BCUT2D eigenvalue weighted by atomic mass is 79.9. The number of aliphatic imine (C=N–C) groups is 1. The van der Waals surface area contributed by atoms with Gasteiger partial charge in [-0.1, -0.05) is 22.0 Å². The maximum atomic E-state index is 12.1. The fourth-order valence-electron chi connectivity index (χ4n) is 3.02. The number of nitrogens with one attached hydrogen (secondary N) is 2. The number of nitrogens with zero attached hydrogens (tertiary/aromatic N) is 2. The fourth-order valence-corrected chi connectivity index (χ4v) is 3.42. The molecule has 144 valence electrons. The summed E-state index contributed by atoms with van der Waals surface area (Å²) in [6.07, 6.45) is 1.95. The Morgan fingerprint density at radius 3 is 3.00 bits per heavy atom. The lowest BCUT2D eigenvalue weighted by molar-refractivity contribution is 0.0953. The van der Waals surface area contributed by atoms with Crippen LogP contribution in [-0.2, 0) is 4.74 Å². The zero-order valence-corrected chi connectivity index (χ0v) is 17.2. The SMILES string of the molecule is CCNC(=NCCCNC(=O)c1cccc(Br)c1)N1CCC(COC)C1. The molecule has 1 aromatic carbocycles. The van der Waals surface area contributed by atoms with Crippen molar-refractivity contribution in [3.05, 3.63) is 34.3 Å². The Kier molecular flexibility index (Phi) is 8.91. The summed E-state index contributed by atoms with van der Waals surface area (Å²) in [6.45, 7) is 7.03. The minimum Gasteiger partial charge on any atom is -0.384 e. The zero-order chi connectivity index (χ0) is 18.8. The van der Waals surface area contributed by atoms with Crippen LogP contribution in [0.4, 0.5) is 0 Å². The number of carbonyl (C=O) groups excluding carboxylic acids is 1. The molecule has 1 aliphatic rings. The monoisotopic (exact) mass is 424 g/mol. The van der Waals surface area contributed by atoms with Gasteiger partial charge in [0.25, 0.3) is 5.91 Å². The first-order valence-electron chi connectivity index (χ1n) is 9.20. The molecule has 0 spiro atoms. The number of methoxy groups -OCH3 is 1. The first kappa shape index (κ1) is 20.7. The minimum absolute atomic E-state index is 0.0517. The second kappa shape index (κ2) is 11.2. The van der Waals surface area contributed by atoms with Crippen molar-refractivity contribution < 1.29 is 9.53 Å². The number of guanidine groups is 1. The minimum atomic E-state index is -0.0517. The molecule has 2 rings (SSSR count). The Bertz CT molecular complexity index is 609. The summed E-state index contributed by atoms with van der Waals surface area (Å²) in [7, 11) is 1.75. The van der Waals surface area contributed by atoms with Crippen LogP contribution < -0.4 is 10.6 Å². The third-order valence-corrected chi connectivity index (χ3v) is 4.78. The summed E-state index contributed by atoms with van der Waals surface area (Å²) < 4.78 is 6.17. The van der Waals surface area contributed by atoms with E-state index in [9.17, 15) is 4.79 Å². The smallest absolute Gasteiger partial charge is 0.251 e. The average molecular weight is 425 g/mol. The van der Waals surface area contributed by atoms with Crippen LogP contribution in [0.1, 0.15) is 30.1 Å². The number of halogens is 1. The van der Waals surface area contributed by atoms with Gasteiger partial charge in [-0.05, 0) is 38.0 Å². The Balaban J connectivity index is 1.75. The lowest BCUT2D eigenvalue weighted by Crippen LogP contribution is -2.40. The number of carbonyl (C=O) groups is 1. The van der Waals surface area contributed by atoms with Crippen molar-refractivity contribution in [2.24, 2.45) is 10.9 Å². The van der Waals surface area contributed by atoms with Crippen molar-refractivity contribution in [2.75, 3.05) is 46.4 Å². The van der Waals surface area contributed by atoms with E-state index >= 15 is 0 Å². The number of amides is 1. The standard InChI is InChI=1S/C19H29BrN4O2/c1-3-21-19(24-11-8-15(13-24)14-26-2)23-10-5-9-22-18(25)16-6-4-7-17(20)12-16/h4,6-7,12,15H,3,5,8-11,13-14H2,1-2H3,(H,21,23)(H,22,25). The van der Waals surface area contributed by atoms with Gasteiger partial charge in [-0.3, -0.25) is 9.79 Å².